The summed E-state index contributed by atoms with van der Waals surface area (Å²) in [6.45, 7) is 2.04. The molecule has 1 fully saturated rings. The number of piperidine rings is 1. The summed E-state index contributed by atoms with van der Waals surface area (Å²) in [7, 11) is 1.34. The van der Waals surface area contributed by atoms with E-state index in [9.17, 15) is 9.59 Å². The number of nitrogens with one attached hydrogen (secondary N) is 1. The second-order valence-corrected chi connectivity index (χ2v) is 6.69. The summed E-state index contributed by atoms with van der Waals surface area (Å²) in [5.41, 5.74) is 7.23. The first kappa shape index (κ1) is 21.6. The van der Waals surface area contributed by atoms with E-state index in [1.54, 1.807) is 15.3 Å². The van der Waals surface area contributed by atoms with Crippen molar-refractivity contribution < 1.29 is 9.53 Å². The fourth-order valence-electron chi connectivity index (χ4n) is 3.44. The van der Waals surface area contributed by atoms with Crippen LogP contribution < -0.4 is 16.3 Å². The molecule has 0 atom stereocenters. The molecule has 1 aliphatic heterocycles. The van der Waals surface area contributed by atoms with E-state index >= 15 is 0 Å². The van der Waals surface area contributed by atoms with Crippen molar-refractivity contribution in [1.82, 2.24) is 9.13 Å². The minimum Gasteiger partial charge on any atom is -0.469 e. The summed E-state index contributed by atoms with van der Waals surface area (Å²) in [5, 5.41) is 7.46. The fraction of sp³-hybridized carbons (Fsp3) is 0.421. The van der Waals surface area contributed by atoms with Crippen LogP contribution in [-0.4, -0.2) is 41.1 Å². The second kappa shape index (κ2) is 9.45. The van der Waals surface area contributed by atoms with Crippen molar-refractivity contribution in [3.63, 3.8) is 0 Å². The van der Waals surface area contributed by atoms with E-state index in [2.05, 4.69) is 9.64 Å². The van der Waals surface area contributed by atoms with Crippen LogP contribution in [0.1, 0.15) is 30.9 Å². The lowest BCUT2D eigenvalue weighted by Crippen LogP contribution is -2.37. The van der Waals surface area contributed by atoms with Gasteiger partial charge in [0.05, 0.1) is 13.5 Å². The second-order valence-electron chi connectivity index (χ2n) is 6.69. The number of esters is 1. The van der Waals surface area contributed by atoms with Crippen LogP contribution in [0, 0.1) is 5.41 Å². The number of nitrogen functional groups attached to an aromatic ring is 1. The Kier molecular flexibility index (Phi) is 7.28. The van der Waals surface area contributed by atoms with E-state index in [1.807, 2.05) is 30.5 Å². The highest BCUT2D eigenvalue weighted by atomic mass is 35.5. The largest absolute Gasteiger partial charge is 0.469 e. The van der Waals surface area contributed by atoms with E-state index in [4.69, 9.17) is 11.1 Å². The van der Waals surface area contributed by atoms with Crippen molar-refractivity contribution in [1.29, 1.82) is 5.41 Å². The molecule has 3 N–H and O–H groups in total. The van der Waals surface area contributed by atoms with Gasteiger partial charge in [0.15, 0.2) is 0 Å². The van der Waals surface area contributed by atoms with Crippen LogP contribution in [0.25, 0.3) is 0 Å². The Balaban J connectivity index is 0.00000280. The van der Waals surface area contributed by atoms with Crippen LogP contribution in [0.5, 0.6) is 0 Å². The highest BCUT2D eigenvalue weighted by Crippen LogP contribution is 2.25. The number of halogens is 1. The third-order valence-electron chi connectivity index (χ3n) is 5.06. The Morgan fingerprint density at radius 2 is 1.86 bits per heavy atom. The minimum absolute atomic E-state index is 0. The molecule has 3 rings (SSSR count). The van der Waals surface area contributed by atoms with Gasteiger partial charge in [0.25, 0.3) is 0 Å². The number of methoxy groups -OCH3 is 1. The van der Waals surface area contributed by atoms with Crippen LogP contribution in [0.3, 0.4) is 0 Å². The number of carbonyl (C=O) groups excluding carboxylic acids is 1. The molecule has 1 aromatic carbocycles. The maximum Gasteiger partial charge on any atom is 0.328 e. The smallest absolute Gasteiger partial charge is 0.328 e. The number of rotatable bonds is 6. The molecule has 0 bridgehead atoms. The van der Waals surface area contributed by atoms with Crippen LogP contribution in [0.15, 0.2) is 41.5 Å². The predicted molar refractivity (Wildman–Crippen MR) is 111 cm³/mol. The molecule has 2 aromatic rings. The first-order valence-electron chi connectivity index (χ1n) is 9.03. The summed E-state index contributed by atoms with van der Waals surface area (Å²) < 4.78 is 7.95. The summed E-state index contributed by atoms with van der Waals surface area (Å²) in [6.07, 6.45) is 5.47. The molecule has 8 nitrogen and oxygen atoms in total. The number of aromatic nitrogens is 2. The van der Waals surface area contributed by atoms with Gasteiger partial charge in [0.1, 0.15) is 5.84 Å². The van der Waals surface area contributed by atoms with E-state index in [-0.39, 0.29) is 42.4 Å². The molecule has 0 radical (unpaired) electrons. The van der Waals surface area contributed by atoms with Gasteiger partial charge in [-0.15, -0.1) is 12.4 Å². The third kappa shape index (κ3) is 4.75. The summed E-state index contributed by atoms with van der Waals surface area (Å²) in [4.78, 5) is 26.1. The molecular weight excluding hydrogens is 382 g/mol. The normalized spacial score (nSPS) is 14.4. The number of amidine groups is 1. The number of hydrogen-bond donors (Lipinski definition) is 2. The predicted octanol–water partition coefficient (Wildman–Crippen LogP) is 1.76. The summed E-state index contributed by atoms with van der Waals surface area (Å²) in [5.74, 6) is -0.255. The number of aryl methyl sites for hydroxylation is 1. The van der Waals surface area contributed by atoms with Gasteiger partial charge < -0.3 is 15.4 Å². The number of hydrogen-bond acceptors (Lipinski definition) is 5. The number of anilines is 1. The lowest BCUT2D eigenvalue weighted by molar-refractivity contribution is -0.140. The monoisotopic (exact) mass is 407 g/mol. The average Bonchev–Trinajstić information content (AvgIpc) is 3.06. The molecule has 0 amide bonds. The molecule has 0 unspecified atom stereocenters. The highest BCUT2D eigenvalue weighted by molar-refractivity contribution is 5.95. The van der Waals surface area contributed by atoms with Crippen LogP contribution in [0.4, 0.5) is 5.69 Å². The van der Waals surface area contributed by atoms with E-state index in [0.717, 1.165) is 31.6 Å². The summed E-state index contributed by atoms with van der Waals surface area (Å²) in [6, 6.07) is 7.83. The van der Waals surface area contributed by atoms with Crippen molar-refractivity contribution in [2.75, 3.05) is 25.1 Å². The Morgan fingerprint density at radius 3 is 2.43 bits per heavy atom. The maximum atomic E-state index is 12.6. The molecule has 1 saturated heterocycles. The first-order valence-corrected chi connectivity index (χ1v) is 9.03. The van der Waals surface area contributed by atoms with Gasteiger partial charge >= 0.3 is 11.7 Å². The van der Waals surface area contributed by atoms with Gasteiger partial charge in [-0.05, 0) is 37.1 Å². The topological polar surface area (TPSA) is 106 Å². The molecule has 2 heterocycles. The lowest BCUT2D eigenvalue weighted by atomic mass is 10.0. The van der Waals surface area contributed by atoms with Gasteiger partial charge in [-0.1, -0.05) is 0 Å². The van der Waals surface area contributed by atoms with Crippen LogP contribution >= 0.6 is 12.4 Å². The molecule has 28 heavy (non-hydrogen) atoms. The molecule has 9 heteroatoms. The molecule has 152 valence electrons. The Bertz CT molecular complexity index is 866. The van der Waals surface area contributed by atoms with Crippen molar-refractivity contribution >= 4 is 29.9 Å². The van der Waals surface area contributed by atoms with Gasteiger partial charge in [-0.3, -0.25) is 19.3 Å². The number of carbonyl (C=O) groups is 1. The van der Waals surface area contributed by atoms with Crippen LogP contribution in [-0.2, 0) is 16.1 Å². The number of ether oxygens (including phenoxy) is 1. The van der Waals surface area contributed by atoms with Crippen LogP contribution in [0.2, 0.25) is 0 Å². The highest BCUT2D eigenvalue weighted by Gasteiger charge is 2.22. The van der Waals surface area contributed by atoms with Crippen molar-refractivity contribution in [2.24, 2.45) is 5.73 Å². The molecule has 1 aliphatic rings. The zero-order chi connectivity index (χ0) is 19.4. The Morgan fingerprint density at radius 1 is 1.21 bits per heavy atom. The van der Waals surface area contributed by atoms with E-state index in [1.165, 1.54) is 7.11 Å². The number of nitrogens with zero attached hydrogens (tertiary/aromatic N) is 3. The SMILES string of the molecule is COC(=O)CCn1ccn(C2CCN(c3ccc(C(=N)N)cc3)CC2)c1=O.Cl. The number of nitrogens with two attached hydrogens (primary N) is 1. The number of benzene rings is 1. The average molecular weight is 408 g/mol. The van der Waals surface area contributed by atoms with E-state index in [0.29, 0.717) is 12.1 Å². The fourth-order valence-corrected chi connectivity index (χ4v) is 3.44. The lowest BCUT2D eigenvalue weighted by Gasteiger charge is -2.34. The maximum absolute atomic E-state index is 12.6. The Labute approximate surface area is 169 Å². The molecule has 0 spiro atoms. The quantitative estimate of drug-likeness (QED) is 0.431. The molecule has 1 aromatic heterocycles. The third-order valence-corrected chi connectivity index (χ3v) is 5.06. The van der Waals surface area contributed by atoms with Crippen molar-refractivity contribution in [3.05, 3.63) is 52.7 Å². The Hall–Kier alpha value is -2.74. The van der Waals surface area contributed by atoms with Gasteiger partial charge in [-0.25, -0.2) is 4.79 Å². The van der Waals surface area contributed by atoms with Gasteiger partial charge in [0, 0.05) is 49.3 Å². The molecule has 0 aliphatic carbocycles. The standard InChI is InChI=1S/C19H25N5O3.ClH/c1-27-17(25)8-11-23-12-13-24(19(23)26)16-6-9-22(10-7-16)15-4-2-14(3-5-15)18(20)21;/h2-5,12-13,16H,6-11H2,1H3,(H3,20,21);1H. The van der Waals surface area contributed by atoms with Crippen molar-refractivity contribution in [3.8, 4) is 0 Å². The molecular formula is C19H26ClN5O3. The first-order chi connectivity index (χ1) is 13.0. The van der Waals surface area contributed by atoms with Gasteiger partial charge in [0.2, 0.25) is 0 Å². The zero-order valence-corrected chi connectivity index (χ0v) is 16.7. The zero-order valence-electron chi connectivity index (χ0n) is 15.8. The number of imidazole rings is 1. The minimum atomic E-state index is -0.321. The van der Waals surface area contributed by atoms with Crippen molar-refractivity contribution in [2.45, 2.75) is 31.8 Å². The van der Waals surface area contributed by atoms with E-state index < -0.39 is 0 Å². The summed E-state index contributed by atoms with van der Waals surface area (Å²) >= 11 is 0. The molecule has 0 saturated carbocycles. The van der Waals surface area contributed by atoms with Gasteiger partial charge in [-0.2, -0.15) is 0 Å².